The number of aliphatic hydroxyl groups is 1. The number of hydrogen-bond acceptors (Lipinski definition) is 5. The van der Waals surface area contributed by atoms with Crippen molar-refractivity contribution in [2.75, 3.05) is 13.1 Å². The lowest BCUT2D eigenvalue weighted by atomic mass is 9.85. The summed E-state index contributed by atoms with van der Waals surface area (Å²) < 4.78 is 19.3. The molecule has 1 amide bonds. The Morgan fingerprint density at radius 1 is 1.15 bits per heavy atom. The predicted octanol–water partition coefficient (Wildman–Crippen LogP) is 1.98. The highest BCUT2D eigenvalue weighted by Gasteiger charge is 2.47. The molecule has 4 rings (SSSR count). The Kier molecular flexibility index (Phi) is 3.55. The molecule has 0 saturated carbocycles. The number of carbonyl (C=O) groups excluding carboxylic acids is 1. The summed E-state index contributed by atoms with van der Waals surface area (Å²) in [6.07, 6.45) is 0. The Hall–Kier alpha value is -3.19. The van der Waals surface area contributed by atoms with Crippen LogP contribution in [0, 0.1) is 5.82 Å². The van der Waals surface area contributed by atoms with Gasteiger partial charge in [-0.1, -0.05) is 24.3 Å². The number of halogens is 1. The highest BCUT2D eigenvalue weighted by Crippen LogP contribution is 2.34. The van der Waals surface area contributed by atoms with E-state index in [9.17, 15) is 24.2 Å². The van der Waals surface area contributed by atoms with Crippen molar-refractivity contribution in [3.8, 4) is 5.75 Å². The van der Waals surface area contributed by atoms with Crippen LogP contribution < -0.4 is 5.43 Å². The minimum Gasteiger partial charge on any atom is -0.507 e. The van der Waals surface area contributed by atoms with Gasteiger partial charge in [-0.2, -0.15) is 0 Å². The van der Waals surface area contributed by atoms with Crippen molar-refractivity contribution in [1.82, 2.24) is 4.90 Å². The van der Waals surface area contributed by atoms with E-state index in [1.165, 1.54) is 41.3 Å². The van der Waals surface area contributed by atoms with Crippen LogP contribution in [-0.2, 0) is 5.60 Å². The zero-order valence-corrected chi connectivity index (χ0v) is 13.5. The summed E-state index contributed by atoms with van der Waals surface area (Å²) in [5.74, 6) is -1.57. The summed E-state index contributed by atoms with van der Waals surface area (Å²) in [4.78, 5) is 26.0. The smallest absolute Gasteiger partial charge is 0.289 e. The molecular formula is C19H14FNO5. The molecule has 6 nitrogen and oxygen atoms in total. The van der Waals surface area contributed by atoms with E-state index in [2.05, 4.69) is 0 Å². The Labute approximate surface area is 146 Å². The van der Waals surface area contributed by atoms with Gasteiger partial charge in [-0.25, -0.2) is 4.39 Å². The molecule has 0 radical (unpaired) electrons. The number of rotatable bonds is 2. The molecule has 1 aliphatic heterocycles. The molecule has 2 N–H and O–H groups in total. The van der Waals surface area contributed by atoms with Gasteiger partial charge in [0, 0.05) is 11.6 Å². The van der Waals surface area contributed by atoms with Crippen LogP contribution >= 0.6 is 0 Å². The minimum atomic E-state index is -1.48. The summed E-state index contributed by atoms with van der Waals surface area (Å²) in [6.45, 7) is -0.233. The number of hydrogen-bond donors (Lipinski definition) is 2. The average molecular weight is 355 g/mol. The number of nitrogens with zero attached hydrogens (tertiary/aromatic N) is 1. The van der Waals surface area contributed by atoms with Crippen LogP contribution in [0.25, 0.3) is 11.0 Å². The Balaban J connectivity index is 1.62. The van der Waals surface area contributed by atoms with Crippen molar-refractivity contribution >= 4 is 16.9 Å². The van der Waals surface area contributed by atoms with E-state index in [-0.39, 0.29) is 41.1 Å². The number of benzene rings is 2. The molecule has 132 valence electrons. The molecule has 2 heterocycles. The third kappa shape index (κ3) is 2.44. The van der Waals surface area contributed by atoms with Gasteiger partial charge < -0.3 is 19.5 Å². The maximum absolute atomic E-state index is 13.9. The number of carbonyl (C=O) groups is 1. The fourth-order valence-corrected chi connectivity index (χ4v) is 3.19. The number of amides is 1. The van der Waals surface area contributed by atoms with Gasteiger partial charge in [0.15, 0.2) is 11.2 Å². The average Bonchev–Trinajstić information content (AvgIpc) is 2.58. The molecule has 1 fully saturated rings. The van der Waals surface area contributed by atoms with Crippen molar-refractivity contribution in [3.63, 3.8) is 0 Å². The standard InChI is InChI=1S/C19H14FNO5/c20-12-5-2-1-4-11(12)19(25)9-21(10-19)18(24)16-8-14(23)17-13(22)6-3-7-15(17)26-16/h1-8,22,25H,9-10H2. The van der Waals surface area contributed by atoms with Crippen molar-refractivity contribution in [1.29, 1.82) is 0 Å². The third-order valence-corrected chi connectivity index (χ3v) is 4.51. The molecule has 7 heteroatoms. The van der Waals surface area contributed by atoms with Gasteiger partial charge in [-0.3, -0.25) is 9.59 Å². The third-order valence-electron chi connectivity index (χ3n) is 4.51. The molecule has 2 aromatic carbocycles. The fraction of sp³-hybridized carbons (Fsp3) is 0.158. The second-order valence-corrected chi connectivity index (χ2v) is 6.30. The quantitative estimate of drug-likeness (QED) is 0.734. The highest BCUT2D eigenvalue weighted by atomic mass is 19.1. The van der Waals surface area contributed by atoms with E-state index in [4.69, 9.17) is 4.42 Å². The zero-order valence-electron chi connectivity index (χ0n) is 13.5. The van der Waals surface area contributed by atoms with Crippen LogP contribution in [0.1, 0.15) is 16.1 Å². The summed E-state index contributed by atoms with van der Waals surface area (Å²) in [6, 6.07) is 11.2. The highest BCUT2D eigenvalue weighted by molar-refractivity contribution is 5.94. The molecule has 0 atom stereocenters. The lowest BCUT2D eigenvalue weighted by molar-refractivity contribution is -0.0891. The van der Waals surface area contributed by atoms with Crippen LogP contribution in [0.3, 0.4) is 0 Å². The lowest BCUT2D eigenvalue weighted by Crippen LogP contribution is -2.61. The first-order valence-electron chi connectivity index (χ1n) is 7.91. The maximum Gasteiger partial charge on any atom is 0.289 e. The maximum atomic E-state index is 13.9. The van der Waals surface area contributed by atoms with Crippen molar-refractivity contribution in [3.05, 3.63) is 75.9 Å². The molecule has 1 aliphatic rings. The Morgan fingerprint density at radius 2 is 1.88 bits per heavy atom. The molecular weight excluding hydrogens is 341 g/mol. The van der Waals surface area contributed by atoms with E-state index in [1.807, 2.05) is 0 Å². The number of phenols is 1. The second-order valence-electron chi connectivity index (χ2n) is 6.30. The van der Waals surface area contributed by atoms with Gasteiger partial charge in [-0.05, 0) is 18.2 Å². The second kappa shape index (κ2) is 5.67. The zero-order chi connectivity index (χ0) is 18.5. The molecule has 1 aromatic heterocycles. The van der Waals surface area contributed by atoms with Crippen LogP contribution in [0.15, 0.2) is 57.7 Å². The molecule has 0 unspecified atom stereocenters. The van der Waals surface area contributed by atoms with E-state index >= 15 is 0 Å². The van der Waals surface area contributed by atoms with Gasteiger partial charge in [0.05, 0.1) is 13.1 Å². The van der Waals surface area contributed by atoms with Crippen molar-refractivity contribution in [2.45, 2.75) is 5.60 Å². The molecule has 3 aromatic rings. The molecule has 26 heavy (non-hydrogen) atoms. The topological polar surface area (TPSA) is 91.0 Å². The number of fused-ring (bicyclic) bond motifs is 1. The van der Waals surface area contributed by atoms with Crippen molar-refractivity contribution < 1.29 is 23.8 Å². The van der Waals surface area contributed by atoms with Gasteiger partial charge in [0.25, 0.3) is 5.91 Å². The molecule has 1 saturated heterocycles. The van der Waals surface area contributed by atoms with Gasteiger partial charge in [0.1, 0.15) is 28.1 Å². The van der Waals surface area contributed by atoms with Crippen molar-refractivity contribution in [2.24, 2.45) is 0 Å². The summed E-state index contributed by atoms with van der Waals surface area (Å²) in [5, 5.41) is 20.3. The number of likely N-dealkylation sites (tertiary alicyclic amines) is 1. The Morgan fingerprint density at radius 3 is 2.62 bits per heavy atom. The first-order chi connectivity index (χ1) is 12.4. The van der Waals surface area contributed by atoms with Gasteiger partial charge in [-0.15, -0.1) is 0 Å². The lowest BCUT2D eigenvalue weighted by Gasteiger charge is -2.46. The summed E-state index contributed by atoms with van der Waals surface area (Å²) in [7, 11) is 0. The van der Waals surface area contributed by atoms with Gasteiger partial charge in [0.2, 0.25) is 0 Å². The summed E-state index contributed by atoms with van der Waals surface area (Å²) in [5.41, 5.74) is -1.81. The van der Waals surface area contributed by atoms with E-state index in [0.717, 1.165) is 6.07 Å². The van der Waals surface area contributed by atoms with E-state index in [0.29, 0.717) is 0 Å². The Bertz CT molecular complexity index is 1080. The van der Waals surface area contributed by atoms with E-state index < -0.39 is 22.8 Å². The fourth-order valence-electron chi connectivity index (χ4n) is 3.19. The van der Waals surface area contributed by atoms with Gasteiger partial charge >= 0.3 is 0 Å². The van der Waals surface area contributed by atoms with Crippen LogP contribution in [0.4, 0.5) is 4.39 Å². The van der Waals surface area contributed by atoms with Crippen LogP contribution in [0.2, 0.25) is 0 Å². The number of aromatic hydroxyl groups is 1. The molecule has 0 aliphatic carbocycles. The normalized spacial score (nSPS) is 15.7. The summed E-state index contributed by atoms with van der Waals surface area (Å²) >= 11 is 0. The van der Waals surface area contributed by atoms with Crippen LogP contribution in [-0.4, -0.2) is 34.1 Å². The molecule has 0 spiro atoms. The molecule has 0 bridgehead atoms. The first kappa shape index (κ1) is 16.3. The monoisotopic (exact) mass is 355 g/mol. The van der Waals surface area contributed by atoms with E-state index in [1.54, 1.807) is 6.07 Å². The van der Waals surface area contributed by atoms with Crippen LogP contribution in [0.5, 0.6) is 5.75 Å². The first-order valence-corrected chi connectivity index (χ1v) is 7.91. The SMILES string of the molecule is O=C(c1cc(=O)c2c(O)cccc2o1)N1CC(O)(c2ccccc2F)C1. The minimum absolute atomic E-state index is 0.00415. The largest absolute Gasteiger partial charge is 0.507 e. The number of β-amino-alcohol motifs (C(OH)–C–C–N with tert-alkyl or cyclic N) is 1. The predicted molar refractivity (Wildman–Crippen MR) is 90.3 cm³/mol. The number of phenolic OH excluding ortho intramolecular Hbond substituents is 1.